The predicted octanol–water partition coefficient (Wildman–Crippen LogP) is -1.78. The fourth-order valence-corrected chi connectivity index (χ4v) is 0.817. The molecule has 2 rings (SSSR count). The molecule has 0 aromatic carbocycles. The van der Waals surface area contributed by atoms with Gasteiger partial charge >= 0.3 is 0 Å². The van der Waals surface area contributed by atoms with Crippen molar-refractivity contribution in [2.24, 2.45) is 26.8 Å². The minimum absolute atomic E-state index is 0.162. The fourth-order valence-electron chi connectivity index (χ4n) is 0.817. The van der Waals surface area contributed by atoms with Crippen LogP contribution < -0.4 is 16.9 Å². The van der Waals surface area contributed by atoms with Crippen molar-refractivity contribution in [1.29, 1.82) is 0 Å². The molecule has 6 N–H and O–H groups in total. The van der Waals surface area contributed by atoms with E-state index < -0.39 is 0 Å². The Bertz CT molecular complexity index is 390. The Hall–Kier alpha value is -2.45. The van der Waals surface area contributed by atoms with E-state index >= 15 is 0 Å². The first-order chi connectivity index (χ1) is 6.77. The molecule has 0 amide bonds. The van der Waals surface area contributed by atoms with Gasteiger partial charge in [-0.2, -0.15) is 5.10 Å². The molecule has 1 aromatic rings. The van der Waals surface area contributed by atoms with Crippen LogP contribution in [0.1, 0.15) is 0 Å². The van der Waals surface area contributed by atoms with Crippen molar-refractivity contribution in [1.82, 2.24) is 15.2 Å². The molecular formula is C5H7N9. The quantitative estimate of drug-likeness (QED) is 0.410. The molecule has 9 nitrogen and oxygen atoms in total. The third-order valence-electron chi connectivity index (χ3n) is 1.44. The second-order valence-corrected chi connectivity index (χ2v) is 2.38. The first kappa shape index (κ1) is 8.16. The van der Waals surface area contributed by atoms with Gasteiger partial charge in [-0.1, -0.05) is 0 Å². The number of nitrogens with two attached hydrogens (primary N) is 2. The Balaban J connectivity index is 2.12. The molecule has 72 valence electrons. The van der Waals surface area contributed by atoms with E-state index in [9.17, 15) is 0 Å². The van der Waals surface area contributed by atoms with Crippen LogP contribution in [0.3, 0.4) is 0 Å². The first-order valence-electron chi connectivity index (χ1n) is 3.64. The Morgan fingerprint density at radius 2 is 2.00 bits per heavy atom. The summed E-state index contributed by atoms with van der Waals surface area (Å²) in [5, 5.41) is 18.1. The van der Waals surface area contributed by atoms with E-state index in [0.717, 1.165) is 0 Å². The molecule has 0 spiro atoms. The van der Waals surface area contributed by atoms with Gasteiger partial charge in [-0.15, -0.1) is 20.4 Å². The standard InChI is InChI=1S/C5H7N9/c6-3-2(4(7)12-11-3)10-14-5-8-1-9-13-5/h1H,(H2,8,9,13,14)(H4,6,7,10,11,12). The highest BCUT2D eigenvalue weighted by Gasteiger charge is 2.16. The molecule has 0 fully saturated rings. The lowest BCUT2D eigenvalue weighted by Gasteiger charge is -1.97. The molecule has 0 unspecified atom stereocenters. The van der Waals surface area contributed by atoms with E-state index in [0.29, 0.717) is 11.7 Å². The summed E-state index contributed by atoms with van der Waals surface area (Å²) in [6.07, 6.45) is 1.41. The first-order valence-corrected chi connectivity index (χ1v) is 3.64. The van der Waals surface area contributed by atoms with Gasteiger partial charge in [-0.3, -0.25) is 0 Å². The van der Waals surface area contributed by atoms with Crippen molar-refractivity contribution in [2.45, 2.75) is 0 Å². The number of amidine groups is 2. The molecule has 1 aliphatic rings. The van der Waals surface area contributed by atoms with E-state index in [1.54, 1.807) is 0 Å². The highest BCUT2D eigenvalue weighted by Crippen LogP contribution is 1.96. The maximum atomic E-state index is 5.45. The van der Waals surface area contributed by atoms with Crippen molar-refractivity contribution in [3.63, 3.8) is 0 Å². The Morgan fingerprint density at radius 1 is 1.29 bits per heavy atom. The van der Waals surface area contributed by atoms with Gasteiger partial charge in [0.2, 0.25) is 5.95 Å². The summed E-state index contributed by atoms with van der Waals surface area (Å²) in [4.78, 5) is 2.69. The summed E-state index contributed by atoms with van der Waals surface area (Å²) in [6, 6.07) is 0. The lowest BCUT2D eigenvalue weighted by molar-refractivity contribution is 1.08. The van der Waals surface area contributed by atoms with Gasteiger partial charge in [0, 0.05) is 0 Å². The van der Waals surface area contributed by atoms with Crippen LogP contribution in [-0.2, 0) is 0 Å². The predicted molar refractivity (Wildman–Crippen MR) is 50.7 cm³/mol. The summed E-state index contributed by atoms with van der Waals surface area (Å²) >= 11 is 0. The molecule has 0 bridgehead atoms. The van der Waals surface area contributed by atoms with Crippen LogP contribution in [0.4, 0.5) is 5.95 Å². The number of hydrogen-bond acceptors (Lipinski definition) is 8. The molecule has 0 aliphatic carbocycles. The van der Waals surface area contributed by atoms with E-state index in [4.69, 9.17) is 11.5 Å². The van der Waals surface area contributed by atoms with Crippen LogP contribution >= 0.6 is 0 Å². The zero-order valence-corrected chi connectivity index (χ0v) is 6.97. The zero-order chi connectivity index (χ0) is 9.97. The highest BCUT2D eigenvalue weighted by atomic mass is 15.4. The molecule has 14 heavy (non-hydrogen) atoms. The van der Waals surface area contributed by atoms with Gasteiger partial charge < -0.3 is 16.5 Å². The summed E-state index contributed by atoms with van der Waals surface area (Å²) < 4.78 is 0. The van der Waals surface area contributed by atoms with Gasteiger partial charge in [0.25, 0.3) is 0 Å². The molecule has 0 saturated heterocycles. The number of aromatic nitrogens is 3. The lowest BCUT2D eigenvalue weighted by Crippen LogP contribution is -2.32. The number of aromatic amines is 1. The second kappa shape index (κ2) is 3.12. The average molecular weight is 193 g/mol. The molecule has 1 aliphatic heterocycles. The number of hydrogen-bond donors (Lipinski definition) is 4. The molecule has 1 aromatic heterocycles. The summed E-state index contributed by atoms with van der Waals surface area (Å²) in [7, 11) is 0. The van der Waals surface area contributed by atoms with Crippen molar-refractivity contribution >= 4 is 23.3 Å². The van der Waals surface area contributed by atoms with Crippen LogP contribution in [0.5, 0.6) is 0 Å². The minimum atomic E-state index is 0.162. The van der Waals surface area contributed by atoms with Gasteiger partial charge in [-0.05, 0) is 0 Å². The Morgan fingerprint density at radius 3 is 2.57 bits per heavy atom. The van der Waals surface area contributed by atoms with E-state index in [1.165, 1.54) is 6.33 Å². The second-order valence-electron chi connectivity index (χ2n) is 2.38. The SMILES string of the molecule is NC1=NN=C(N)C1=NNc1nnc[nH]1. The third-order valence-corrected chi connectivity index (χ3v) is 1.44. The van der Waals surface area contributed by atoms with Gasteiger partial charge in [0.05, 0.1) is 0 Å². The van der Waals surface area contributed by atoms with Gasteiger partial charge in [0.1, 0.15) is 6.33 Å². The summed E-state index contributed by atoms with van der Waals surface area (Å²) in [6.45, 7) is 0. The normalized spacial score (nSPS) is 15.0. The van der Waals surface area contributed by atoms with Gasteiger partial charge in [0.15, 0.2) is 17.4 Å². The van der Waals surface area contributed by atoms with Crippen molar-refractivity contribution in [2.75, 3.05) is 5.43 Å². The molecule has 0 saturated carbocycles. The van der Waals surface area contributed by atoms with E-state index in [-0.39, 0.29) is 11.7 Å². The number of anilines is 1. The minimum Gasteiger partial charge on any atom is -0.380 e. The van der Waals surface area contributed by atoms with Crippen molar-refractivity contribution in [3.05, 3.63) is 6.33 Å². The smallest absolute Gasteiger partial charge is 0.242 e. The molecule has 0 radical (unpaired) electrons. The van der Waals surface area contributed by atoms with Crippen LogP contribution in [0, 0.1) is 0 Å². The maximum Gasteiger partial charge on any atom is 0.242 e. The molecule has 0 atom stereocenters. The topological polar surface area (TPSA) is 143 Å². The van der Waals surface area contributed by atoms with Crippen LogP contribution in [0.15, 0.2) is 21.6 Å². The highest BCUT2D eigenvalue weighted by molar-refractivity contribution is 6.68. The fraction of sp³-hybridized carbons (Fsp3) is 0. The number of nitrogens with one attached hydrogen (secondary N) is 2. The lowest BCUT2D eigenvalue weighted by atomic mass is 10.3. The maximum absolute atomic E-state index is 5.45. The van der Waals surface area contributed by atoms with Crippen LogP contribution in [-0.4, -0.2) is 32.6 Å². The van der Waals surface area contributed by atoms with Gasteiger partial charge in [-0.25, -0.2) is 5.43 Å². The molecule has 2 heterocycles. The largest absolute Gasteiger partial charge is 0.380 e. The molecule has 9 heteroatoms. The zero-order valence-electron chi connectivity index (χ0n) is 6.97. The summed E-state index contributed by atoms with van der Waals surface area (Å²) in [5.41, 5.74) is 13.8. The monoisotopic (exact) mass is 193 g/mol. The van der Waals surface area contributed by atoms with E-state index in [1.807, 2.05) is 0 Å². The number of nitrogens with zero attached hydrogens (tertiary/aromatic N) is 5. The average Bonchev–Trinajstić information content (AvgIpc) is 2.76. The Labute approximate surface area is 78.0 Å². The summed E-state index contributed by atoms with van der Waals surface area (Å²) in [5.74, 6) is 0.703. The number of H-pyrrole nitrogens is 1. The van der Waals surface area contributed by atoms with Crippen LogP contribution in [0.25, 0.3) is 0 Å². The number of rotatable bonds is 2. The third kappa shape index (κ3) is 1.37. The molecular weight excluding hydrogens is 186 g/mol. The van der Waals surface area contributed by atoms with Crippen LogP contribution in [0.2, 0.25) is 0 Å². The number of hydrazone groups is 1. The van der Waals surface area contributed by atoms with E-state index in [2.05, 4.69) is 35.9 Å². The van der Waals surface area contributed by atoms with Crippen molar-refractivity contribution < 1.29 is 0 Å². The van der Waals surface area contributed by atoms with Crippen molar-refractivity contribution in [3.8, 4) is 0 Å². The Kier molecular flexibility index (Phi) is 1.82.